The van der Waals surface area contributed by atoms with Crippen molar-refractivity contribution in [3.8, 4) is 5.69 Å². The van der Waals surface area contributed by atoms with Crippen molar-refractivity contribution in [3.05, 3.63) is 77.0 Å². The second-order valence-electron chi connectivity index (χ2n) is 5.39. The molecule has 5 nitrogen and oxygen atoms in total. The van der Waals surface area contributed by atoms with Crippen molar-refractivity contribution < 1.29 is 0 Å². The molecule has 0 atom stereocenters. The van der Waals surface area contributed by atoms with Gasteiger partial charge in [0.1, 0.15) is 6.33 Å². The zero-order valence-electron chi connectivity index (χ0n) is 13.5. The Bertz CT molecular complexity index is 1000. The SMILES string of the molecule is Clc1cccc(-n2cnnc2SCc2csc(Nc3ccccc3)n2)c1. The maximum Gasteiger partial charge on any atom is 0.195 e. The van der Waals surface area contributed by atoms with Crippen LogP contribution >= 0.6 is 34.7 Å². The highest BCUT2D eigenvalue weighted by Crippen LogP contribution is 2.27. The number of aromatic nitrogens is 4. The molecule has 0 aliphatic carbocycles. The van der Waals surface area contributed by atoms with Gasteiger partial charge in [-0.15, -0.1) is 21.5 Å². The zero-order valence-corrected chi connectivity index (χ0v) is 15.9. The van der Waals surface area contributed by atoms with Crippen LogP contribution in [0.15, 0.2) is 71.5 Å². The van der Waals surface area contributed by atoms with Gasteiger partial charge in [0.25, 0.3) is 0 Å². The number of anilines is 2. The molecule has 2 aromatic carbocycles. The van der Waals surface area contributed by atoms with E-state index in [0.29, 0.717) is 10.8 Å². The van der Waals surface area contributed by atoms with Crippen LogP contribution in [-0.2, 0) is 5.75 Å². The first-order chi connectivity index (χ1) is 12.8. The van der Waals surface area contributed by atoms with Crippen molar-refractivity contribution in [1.29, 1.82) is 0 Å². The largest absolute Gasteiger partial charge is 0.332 e. The Kier molecular flexibility index (Phi) is 5.19. The molecule has 26 heavy (non-hydrogen) atoms. The Hall–Kier alpha value is -2.35. The number of thiazole rings is 1. The summed E-state index contributed by atoms with van der Waals surface area (Å²) in [5, 5.41) is 16.0. The van der Waals surface area contributed by atoms with Gasteiger partial charge in [0.2, 0.25) is 0 Å². The summed E-state index contributed by atoms with van der Waals surface area (Å²) in [5.74, 6) is 0.715. The minimum absolute atomic E-state index is 0.684. The summed E-state index contributed by atoms with van der Waals surface area (Å²) in [4.78, 5) is 4.63. The van der Waals surface area contributed by atoms with Crippen LogP contribution in [0.4, 0.5) is 10.8 Å². The molecule has 130 valence electrons. The molecule has 0 saturated heterocycles. The van der Waals surface area contributed by atoms with Gasteiger partial charge in [-0.2, -0.15) is 0 Å². The van der Waals surface area contributed by atoms with Crippen molar-refractivity contribution in [2.24, 2.45) is 0 Å². The topological polar surface area (TPSA) is 55.6 Å². The molecule has 4 aromatic rings. The van der Waals surface area contributed by atoms with Gasteiger partial charge in [-0.3, -0.25) is 4.57 Å². The van der Waals surface area contributed by atoms with Crippen molar-refractivity contribution >= 4 is 45.5 Å². The minimum atomic E-state index is 0.684. The molecule has 8 heteroatoms. The Morgan fingerprint density at radius 3 is 2.85 bits per heavy atom. The number of rotatable bonds is 6. The van der Waals surface area contributed by atoms with Gasteiger partial charge in [-0.1, -0.05) is 47.6 Å². The van der Waals surface area contributed by atoms with E-state index in [4.69, 9.17) is 11.6 Å². The van der Waals surface area contributed by atoms with Gasteiger partial charge < -0.3 is 5.32 Å². The Labute approximate surface area is 164 Å². The maximum atomic E-state index is 6.08. The molecule has 0 bridgehead atoms. The fourth-order valence-corrected chi connectivity index (χ4v) is 4.18. The Morgan fingerprint density at radius 1 is 1.12 bits per heavy atom. The predicted octanol–water partition coefficient (Wildman–Crippen LogP) is 5.41. The first-order valence-electron chi connectivity index (χ1n) is 7.83. The van der Waals surface area contributed by atoms with E-state index in [1.165, 1.54) is 0 Å². The monoisotopic (exact) mass is 399 g/mol. The fourth-order valence-electron chi connectivity index (χ4n) is 2.34. The van der Waals surface area contributed by atoms with Crippen LogP contribution in [0.25, 0.3) is 5.69 Å². The first kappa shape index (κ1) is 17.1. The van der Waals surface area contributed by atoms with Crippen molar-refractivity contribution in [2.75, 3.05) is 5.32 Å². The summed E-state index contributed by atoms with van der Waals surface area (Å²) in [5.41, 5.74) is 2.97. The normalized spacial score (nSPS) is 10.8. The average molecular weight is 400 g/mol. The lowest BCUT2D eigenvalue weighted by atomic mass is 10.3. The molecule has 0 aliphatic heterocycles. The number of benzene rings is 2. The molecular weight excluding hydrogens is 386 g/mol. The molecule has 2 aromatic heterocycles. The number of thioether (sulfide) groups is 1. The second-order valence-corrected chi connectivity index (χ2v) is 7.62. The summed E-state index contributed by atoms with van der Waals surface area (Å²) >= 11 is 9.26. The molecule has 0 fully saturated rings. The molecule has 0 radical (unpaired) electrons. The van der Waals surface area contributed by atoms with E-state index >= 15 is 0 Å². The lowest BCUT2D eigenvalue weighted by Crippen LogP contribution is -1.95. The van der Waals surface area contributed by atoms with Crippen molar-refractivity contribution in [2.45, 2.75) is 10.9 Å². The highest BCUT2D eigenvalue weighted by atomic mass is 35.5. The lowest BCUT2D eigenvalue weighted by Gasteiger charge is -2.05. The van der Waals surface area contributed by atoms with E-state index in [1.54, 1.807) is 29.4 Å². The van der Waals surface area contributed by atoms with Crippen LogP contribution in [0, 0.1) is 0 Å². The van der Waals surface area contributed by atoms with E-state index < -0.39 is 0 Å². The van der Waals surface area contributed by atoms with Crippen LogP contribution in [0.3, 0.4) is 0 Å². The number of nitrogens with one attached hydrogen (secondary N) is 1. The molecule has 1 N–H and O–H groups in total. The van der Waals surface area contributed by atoms with E-state index in [9.17, 15) is 0 Å². The van der Waals surface area contributed by atoms with Crippen LogP contribution < -0.4 is 5.32 Å². The van der Waals surface area contributed by atoms with Crippen molar-refractivity contribution in [1.82, 2.24) is 19.7 Å². The second kappa shape index (κ2) is 7.90. The summed E-state index contributed by atoms with van der Waals surface area (Å²) in [6.07, 6.45) is 1.69. The molecule has 2 heterocycles. The summed E-state index contributed by atoms with van der Waals surface area (Å²) in [6, 6.07) is 17.6. The highest BCUT2D eigenvalue weighted by molar-refractivity contribution is 7.98. The third-order valence-electron chi connectivity index (χ3n) is 3.53. The molecular formula is C18H14ClN5S2. The smallest absolute Gasteiger partial charge is 0.195 e. The molecule has 0 amide bonds. The highest BCUT2D eigenvalue weighted by Gasteiger charge is 2.10. The summed E-state index contributed by atoms with van der Waals surface area (Å²) < 4.78 is 1.92. The van der Waals surface area contributed by atoms with Crippen LogP contribution in [0.1, 0.15) is 5.69 Å². The van der Waals surface area contributed by atoms with Gasteiger partial charge in [-0.25, -0.2) is 4.98 Å². The molecule has 0 saturated carbocycles. The summed E-state index contributed by atoms with van der Waals surface area (Å²) in [7, 11) is 0. The summed E-state index contributed by atoms with van der Waals surface area (Å²) in [6.45, 7) is 0. The van der Waals surface area contributed by atoms with Gasteiger partial charge in [-0.05, 0) is 30.3 Å². The van der Waals surface area contributed by atoms with E-state index in [0.717, 1.165) is 27.4 Å². The number of nitrogens with zero attached hydrogens (tertiary/aromatic N) is 4. The van der Waals surface area contributed by atoms with E-state index in [-0.39, 0.29) is 0 Å². The van der Waals surface area contributed by atoms with Crippen LogP contribution in [0.2, 0.25) is 5.02 Å². The van der Waals surface area contributed by atoms with Crippen LogP contribution in [0.5, 0.6) is 0 Å². The molecule has 4 rings (SSSR count). The maximum absolute atomic E-state index is 6.08. The first-order valence-corrected chi connectivity index (χ1v) is 10.1. The minimum Gasteiger partial charge on any atom is -0.332 e. The standard InChI is InChI=1S/C18H14ClN5S2/c19-13-5-4-8-16(9-13)24-12-20-23-18(24)26-11-15-10-25-17(22-15)21-14-6-2-1-3-7-14/h1-10,12H,11H2,(H,21,22). The molecule has 0 spiro atoms. The van der Waals surface area contributed by atoms with E-state index in [1.807, 2.05) is 59.2 Å². The molecule has 0 unspecified atom stereocenters. The number of para-hydroxylation sites is 1. The van der Waals surface area contributed by atoms with Gasteiger partial charge in [0, 0.05) is 21.8 Å². The van der Waals surface area contributed by atoms with Crippen molar-refractivity contribution in [3.63, 3.8) is 0 Å². The Morgan fingerprint density at radius 2 is 2.00 bits per heavy atom. The zero-order chi connectivity index (χ0) is 17.8. The quantitative estimate of drug-likeness (QED) is 0.439. The molecule has 0 aliphatic rings. The fraction of sp³-hybridized carbons (Fsp3) is 0.0556. The van der Waals surface area contributed by atoms with Gasteiger partial charge in [0.15, 0.2) is 10.3 Å². The number of hydrogen-bond donors (Lipinski definition) is 1. The number of halogens is 1. The van der Waals surface area contributed by atoms with Gasteiger partial charge >= 0.3 is 0 Å². The third-order valence-corrected chi connectivity index (χ3v) is 5.55. The predicted molar refractivity (Wildman–Crippen MR) is 108 cm³/mol. The van der Waals surface area contributed by atoms with E-state index in [2.05, 4.69) is 25.9 Å². The lowest BCUT2D eigenvalue weighted by molar-refractivity contribution is 0.883. The van der Waals surface area contributed by atoms with Crippen LogP contribution in [-0.4, -0.2) is 19.7 Å². The third kappa shape index (κ3) is 4.07. The van der Waals surface area contributed by atoms with Gasteiger partial charge in [0.05, 0.1) is 11.4 Å². The number of hydrogen-bond acceptors (Lipinski definition) is 6. The average Bonchev–Trinajstić information content (AvgIpc) is 3.30. The Balaban J connectivity index is 1.43.